The van der Waals surface area contributed by atoms with E-state index in [-0.39, 0.29) is 11.8 Å². The Labute approximate surface area is 166 Å². The van der Waals surface area contributed by atoms with Crippen LogP contribution in [-0.2, 0) is 0 Å². The molecule has 0 saturated carbocycles. The summed E-state index contributed by atoms with van der Waals surface area (Å²) in [6.07, 6.45) is 0. The molecular weight excluding hydrogens is 368 g/mol. The quantitative estimate of drug-likeness (QED) is 0.482. The van der Waals surface area contributed by atoms with Gasteiger partial charge >= 0.3 is 0 Å². The maximum absolute atomic E-state index is 12.5. The molecule has 7 heteroatoms. The lowest BCUT2D eigenvalue weighted by Gasteiger charge is -2.10. The molecule has 2 amide bonds. The number of para-hydroxylation sites is 3. The van der Waals surface area contributed by atoms with Crippen molar-refractivity contribution in [3.8, 4) is 5.75 Å². The van der Waals surface area contributed by atoms with Crippen molar-refractivity contribution in [1.82, 2.24) is 10.2 Å². The largest absolute Gasteiger partial charge is 0.495 e. The summed E-state index contributed by atoms with van der Waals surface area (Å²) in [6.45, 7) is 0. The Balaban J connectivity index is 1.46. The van der Waals surface area contributed by atoms with Gasteiger partial charge in [-0.05, 0) is 42.5 Å². The van der Waals surface area contributed by atoms with Crippen LogP contribution in [0, 0.1) is 0 Å². The number of carbonyl (C=O) groups excluding carboxylic acids is 2. The molecular formula is C22H18N4O3. The highest BCUT2D eigenvalue weighted by molar-refractivity contribution is 6.11. The molecule has 0 aliphatic rings. The Hall–Kier alpha value is -4.13. The van der Waals surface area contributed by atoms with Crippen molar-refractivity contribution < 1.29 is 14.3 Å². The standard InChI is InChI=1S/C22H18N4O3/c1-29-19-9-5-4-8-18(19)24-21(27)14-10-12-15(13-11-14)23-22(28)20-16-6-2-3-7-17(16)25-26-20/h2-13H,1H3,(H,23,28)(H,24,27)(H,25,26). The number of aromatic amines is 1. The Bertz CT molecular complexity index is 1180. The van der Waals surface area contributed by atoms with E-state index in [0.717, 1.165) is 10.9 Å². The molecule has 0 bridgehead atoms. The molecule has 4 aromatic rings. The third-order valence-corrected chi connectivity index (χ3v) is 4.45. The molecule has 29 heavy (non-hydrogen) atoms. The van der Waals surface area contributed by atoms with Crippen molar-refractivity contribution in [2.24, 2.45) is 0 Å². The van der Waals surface area contributed by atoms with E-state index in [1.54, 1.807) is 43.5 Å². The summed E-state index contributed by atoms with van der Waals surface area (Å²) in [6, 6.07) is 21.2. The van der Waals surface area contributed by atoms with Gasteiger partial charge in [0.2, 0.25) is 0 Å². The first-order valence-corrected chi connectivity index (χ1v) is 8.94. The molecule has 0 saturated heterocycles. The lowest BCUT2D eigenvalue weighted by molar-refractivity contribution is 0.101. The van der Waals surface area contributed by atoms with Crippen molar-refractivity contribution in [3.63, 3.8) is 0 Å². The number of anilines is 2. The average Bonchev–Trinajstić information content (AvgIpc) is 3.19. The monoisotopic (exact) mass is 386 g/mol. The van der Waals surface area contributed by atoms with Crippen LogP contribution in [0.5, 0.6) is 5.75 Å². The maximum atomic E-state index is 12.5. The minimum atomic E-state index is -0.325. The Morgan fingerprint density at radius 3 is 2.38 bits per heavy atom. The van der Waals surface area contributed by atoms with Gasteiger partial charge in [0.25, 0.3) is 11.8 Å². The van der Waals surface area contributed by atoms with Crippen LogP contribution >= 0.6 is 0 Å². The SMILES string of the molecule is COc1ccccc1NC(=O)c1ccc(NC(=O)c2n[nH]c3ccccc23)cc1. The van der Waals surface area contributed by atoms with Gasteiger partial charge in [0.15, 0.2) is 5.69 Å². The average molecular weight is 386 g/mol. The van der Waals surface area contributed by atoms with E-state index < -0.39 is 0 Å². The van der Waals surface area contributed by atoms with Crippen LogP contribution in [0.4, 0.5) is 11.4 Å². The smallest absolute Gasteiger partial charge is 0.276 e. The number of nitrogens with one attached hydrogen (secondary N) is 3. The van der Waals surface area contributed by atoms with Crippen molar-refractivity contribution in [2.75, 3.05) is 17.7 Å². The van der Waals surface area contributed by atoms with Crippen LogP contribution in [0.25, 0.3) is 10.9 Å². The van der Waals surface area contributed by atoms with Crippen molar-refractivity contribution >= 4 is 34.1 Å². The fourth-order valence-corrected chi connectivity index (χ4v) is 2.97. The molecule has 4 rings (SSSR count). The predicted molar refractivity (Wildman–Crippen MR) is 111 cm³/mol. The number of nitrogens with zero attached hydrogens (tertiary/aromatic N) is 1. The van der Waals surface area contributed by atoms with Crippen LogP contribution in [0.3, 0.4) is 0 Å². The Kier molecular flexibility index (Phi) is 4.94. The van der Waals surface area contributed by atoms with Gasteiger partial charge in [-0.1, -0.05) is 30.3 Å². The number of carbonyl (C=O) groups is 2. The zero-order valence-corrected chi connectivity index (χ0v) is 15.6. The molecule has 1 heterocycles. The second-order valence-corrected chi connectivity index (χ2v) is 6.30. The van der Waals surface area contributed by atoms with Crippen LogP contribution in [0.1, 0.15) is 20.8 Å². The van der Waals surface area contributed by atoms with Crippen LogP contribution in [0.15, 0.2) is 72.8 Å². The number of hydrogen-bond donors (Lipinski definition) is 3. The second kappa shape index (κ2) is 7.85. The molecule has 3 aromatic carbocycles. The summed E-state index contributed by atoms with van der Waals surface area (Å²) in [7, 11) is 1.55. The first-order valence-electron chi connectivity index (χ1n) is 8.94. The summed E-state index contributed by atoms with van der Waals surface area (Å²) in [5.74, 6) is -0.0182. The number of ether oxygens (including phenoxy) is 1. The van der Waals surface area contributed by atoms with E-state index in [1.165, 1.54) is 0 Å². The summed E-state index contributed by atoms with van der Waals surface area (Å²) in [5, 5.41) is 13.3. The third kappa shape index (κ3) is 3.79. The summed E-state index contributed by atoms with van der Waals surface area (Å²) in [5.41, 5.74) is 2.72. The maximum Gasteiger partial charge on any atom is 0.276 e. The highest BCUT2D eigenvalue weighted by Crippen LogP contribution is 2.24. The summed E-state index contributed by atoms with van der Waals surface area (Å²) >= 11 is 0. The summed E-state index contributed by atoms with van der Waals surface area (Å²) in [4.78, 5) is 25.0. The van der Waals surface area contributed by atoms with E-state index >= 15 is 0 Å². The summed E-state index contributed by atoms with van der Waals surface area (Å²) < 4.78 is 5.24. The number of methoxy groups -OCH3 is 1. The molecule has 7 nitrogen and oxygen atoms in total. The van der Waals surface area contributed by atoms with Gasteiger partial charge in [0, 0.05) is 16.6 Å². The molecule has 0 aliphatic carbocycles. The highest BCUT2D eigenvalue weighted by atomic mass is 16.5. The Morgan fingerprint density at radius 1 is 0.862 bits per heavy atom. The van der Waals surface area contributed by atoms with Gasteiger partial charge in [-0.3, -0.25) is 14.7 Å². The Morgan fingerprint density at radius 2 is 1.59 bits per heavy atom. The first kappa shape index (κ1) is 18.2. The molecule has 0 radical (unpaired) electrons. The minimum Gasteiger partial charge on any atom is -0.495 e. The van der Waals surface area contributed by atoms with E-state index in [4.69, 9.17) is 4.74 Å². The van der Waals surface area contributed by atoms with Crippen LogP contribution in [-0.4, -0.2) is 29.1 Å². The minimum absolute atomic E-state index is 0.273. The van der Waals surface area contributed by atoms with E-state index in [0.29, 0.717) is 28.4 Å². The number of benzene rings is 3. The zero-order valence-electron chi connectivity index (χ0n) is 15.6. The van der Waals surface area contributed by atoms with E-state index in [2.05, 4.69) is 20.8 Å². The number of rotatable bonds is 5. The van der Waals surface area contributed by atoms with Gasteiger partial charge < -0.3 is 15.4 Å². The predicted octanol–water partition coefficient (Wildman–Crippen LogP) is 4.08. The van der Waals surface area contributed by atoms with Crippen molar-refractivity contribution in [1.29, 1.82) is 0 Å². The fourth-order valence-electron chi connectivity index (χ4n) is 2.97. The third-order valence-electron chi connectivity index (χ3n) is 4.45. The molecule has 0 spiro atoms. The van der Waals surface area contributed by atoms with Gasteiger partial charge in [-0.25, -0.2) is 0 Å². The van der Waals surface area contributed by atoms with Crippen LogP contribution < -0.4 is 15.4 Å². The zero-order chi connectivity index (χ0) is 20.2. The van der Waals surface area contributed by atoms with E-state index in [9.17, 15) is 9.59 Å². The number of amides is 2. The highest BCUT2D eigenvalue weighted by Gasteiger charge is 2.14. The van der Waals surface area contributed by atoms with Gasteiger partial charge in [-0.2, -0.15) is 5.10 Å². The number of H-pyrrole nitrogens is 1. The lowest BCUT2D eigenvalue weighted by atomic mass is 10.1. The lowest BCUT2D eigenvalue weighted by Crippen LogP contribution is -2.14. The topological polar surface area (TPSA) is 96.1 Å². The number of hydrogen-bond acceptors (Lipinski definition) is 4. The van der Waals surface area contributed by atoms with Crippen molar-refractivity contribution in [2.45, 2.75) is 0 Å². The molecule has 3 N–H and O–H groups in total. The van der Waals surface area contributed by atoms with Gasteiger partial charge in [-0.15, -0.1) is 0 Å². The first-order chi connectivity index (χ1) is 14.2. The molecule has 0 unspecified atom stereocenters. The molecule has 0 aliphatic heterocycles. The van der Waals surface area contributed by atoms with Crippen LogP contribution in [0.2, 0.25) is 0 Å². The number of fused-ring (bicyclic) bond motifs is 1. The number of aromatic nitrogens is 2. The normalized spacial score (nSPS) is 10.5. The molecule has 144 valence electrons. The van der Waals surface area contributed by atoms with Gasteiger partial charge in [0.1, 0.15) is 5.75 Å². The van der Waals surface area contributed by atoms with Gasteiger partial charge in [0.05, 0.1) is 18.3 Å². The van der Waals surface area contributed by atoms with E-state index in [1.807, 2.05) is 36.4 Å². The van der Waals surface area contributed by atoms with Crippen molar-refractivity contribution in [3.05, 3.63) is 84.1 Å². The molecule has 0 atom stereocenters. The molecule has 0 fully saturated rings. The second-order valence-electron chi connectivity index (χ2n) is 6.30. The fraction of sp³-hybridized carbons (Fsp3) is 0.0455. The molecule has 1 aromatic heterocycles.